The van der Waals surface area contributed by atoms with Crippen molar-refractivity contribution in [2.24, 2.45) is 0 Å². The van der Waals surface area contributed by atoms with E-state index >= 15 is 0 Å². The summed E-state index contributed by atoms with van der Waals surface area (Å²) in [5, 5.41) is 15.4. The SMILES string of the molecule is Cc1nn(Cc2ccc(C(=O)N3CCCN(S(C)(=O)=O)CC3)cc2)c(C)c1[N+](=O)[O-]. The lowest BCUT2D eigenvalue weighted by atomic mass is 10.1. The summed E-state index contributed by atoms with van der Waals surface area (Å²) in [7, 11) is -3.26. The Morgan fingerprint density at radius 2 is 1.80 bits per heavy atom. The standard InChI is InChI=1S/C19H25N5O5S/c1-14-18(24(26)27)15(2)23(20-14)13-16-5-7-17(8-6-16)19(25)21-9-4-10-22(12-11-21)30(3,28)29/h5-8H,4,9-13H2,1-3H3. The van der Waals surface area contributed by atoms with Crippen LogP contribution in [0.4, 0.5) is 5.69 Å². The van der Waals surface area contributed by atoms with E-state index < -0.39 is 14.9 Å². The quantitative estimate of drug-likeness (QED) is 0.519. The van der Waals surface area contributed by atoms with Crippen molar-refractivity contribution in [2.75, 3.05) is 32.4 Å². The van der Waals surface area contributed by atoms with Gasteiger partial charge in [0.25, 0.3) is 5.91 Å². The third-order valence-electron chi connectivity index (χ3n) is 5.27. The number of nitro groups is 1. The zero-order valence-electron chi connectivity index (χ0n) is 17.2. The Labute approximate surface area is 175 Å². The molecule has 0 radical (unpaired) electrons. The van der Waals surface area contributed by atoms with Crippen LogP contribution in [0.3, 0.4) is 0 Å². The Bertz CT molecular complexity index is 1060. The largest absolute Gasteiger partial charge is 0.337 e. The van der Waals surface area contributed by atoms with Crippen LogP contribution in [-0.4, -0.2) is 70.7 Å². The summed E-state index contributed by atoms with van der Waals surface area (Å²) in [6.45, 7) is 5.19. The number of hydrogen-bond donors (Lipinski definition) is 0. The maximum absolute atomic E-state index is 12.8. The molecule has 1 aliphatic heterocycles. The summed E-state index contributed by atoms with van der Waals surface area (Å²) < 4.78 is 26.5. The van der Waals surface area contributed by atoms with E-state index in [4.69, 9.17) is 0 Å². The molecule has 0 aliphatic carbocycles. The van der Waals surface area contributed by atoms with E-state index in [-0.39, 0.29) is 11.6 Å². The highest BCUT2D eigenvalue weighted by atomic mass is 32.2. The first-order chi connectivity index (χ1) is 14.1. The van der Waals surface area contributed by atoms with Crippen molar-refractivity contribution < 1.29 is 18.1 Å². The first kappa shape index (κ1) is 21.9. The van der Waals surface area contributed by atoms with Crippen molar-refractivity contribution in [3.63, 3.8) is 0 Å². The molecule has 1 fully saturated rings. The van der Waals surface area contributed by atoms with Crippen molar-refractivity contribution in [3.05, 3.63) is 56.9 Å². The van der Waals surface area contributed by atoms with Gasteiger partial charge in [-0.1, -0.05) is 12.1 Å². The van der Waals surface area contributed by atoms with Gasteiger partial charge in [0.15, 0.2) is 0 Å². The molecule has 2 aromatic rings. The highest BCUT2D eigenvalue weighted by Crippen LogP contribution is 2.22. The van der Waals surface area contributed by atoms with Crippen LogP contribution < -0.4 is 0 Å². The highest BCUT2D eigenvalue weighted by molar-refractivity contribution is 7.88. The summed E-state index contributed by atoms with van der Waals surface area (Å²) in [6, 6.07) is 7.04. The summed E-state index contributed by atoms with van der Waals surface area (Å²) in [4.78, 5) is 25.2. The third-order valence-corrected chi connectivity index (χ3v) is 6.57. The van der Waals surface area contributed by atoms with Crippen LogP contribution in [0.25, 0.3) is 0 Å². The molecule has 0 N–H and O–H groups in total. The first-order valence-corrected chi connectivity index (χ1v) is 11.4. The lowest BCUT2D eigenvalue weighted by Gasteiger charge is -2.21. The second-order valence-electron chi connectivity index (χ2n) is 7.44. The van der Waals surface area contributed by atoms with Gasteiger partial charge in [0.2, 0.25) is 10.0 Å². The third kappa shape index (κ3) is 4.68. The highest BCUT2D eigenvalue weighted by Gasteiger charge is 2.25. The molecule has 1 amide bonds. The van der Waals surface area contributed by atoms with Crippen LogP contribution >= 0.6 is 0 Å². The summed E-state index contributed by atoms with van der Waals surface area (Å²) in [5.74, 6) is -0.140. The van der Waals surface area contributed by atoms with Crippen molar-refractivity contribution in [2.45, 2.75) is 26.8 Å². The lowest BCUT2D eigenvalue weighted by molar-refractivity contribution is -0.386. The number of aryl methyl sites for hydroxylation is 1. The topological polar surface area (TPSA) is 119 Å². The van der Waals surface area contributed by atoms with Crippen LogP contribution in [0.5, 0.6) is 0 Å². The number of rotatable bonds is 5. The van der Waals surface area contributed by atoms with Gasteiger partial charge in [0.05, 0.1) is 17.7 Å². The molecule has 0 unspecified atom stereocenters. The zero-order valence-corrected chi connectivity index (χ0v) is 18.1. The Balaban J connectivity index is 1.69. The molecule has 0 spiro atoms. The van der Waals surface area contributed by atoms with Crippen LogP contribution in [0.2, 0.25) is 0 Å². The van der Waals surface area contributed by atoms with Crippen molar-refractivity contribution in [1.29, 1.82) is 0 Å². The minimum absolute atomic E-state index is 0.0195. The molecule has 162 valence electrons. The van der Waals surface area contributed by atoms with Gasteiger partial charge in [-0.3, -0.25) is 19.6 Å². The molecular weight excluding hydrogens is 410 g/mol. The van der Waals surface area contributed by atoms with Crippen LogP contribution in [-0.2, 0) is 16.6 Å². The number of nitrogens with zero attached hydrogens (tertiary/aromatic N) is 5. The molecule has 0 saturated carbocycles. The Kier molecular flexibility index (Phi) is 6.22. The van der Waals surface area contributed by atoms with E-state index in [0.717, 1.165) is 5.56 Å². The molecule has 1 aromatic carbocycles. The summed E-state index contributed by atoms with van der Waals surface area (Å²) >= 11 is 0. The van der Waals surface area contributed by atoms with Gasteiger partial charge < -0.3 is 4.90 Å². The molecule has 1 aromatic heterocycles. The molecule has 0 bridgehead atoms. The van der Waals surface area contributed by atoms with Crippen molar-refractivity contribution in [1.82, 2.24) is 19.0 Å². The van der Waals surface area contributed by atoms with Crippen LogP contribution in [0, 0.1) is 24.0 Å². The monoisotopic (exact) mass is 435 g/mol. The number of carbonyl (C=O) groups is 1. The van der Waals surface area contributed by atoms with Crippen LogP contribution in [0.1, 0.15) is 33.7 Å². The number of aromatic nitrogens is 2. The van der Waals surface area contributed by atoms with Crippen molar-refractivity contribution >= 4 is 21.6 Å². The molecule has 10 nitrogen and oxygen atoms in total. The van der Waals surface area contributed by atoms with E-state index in [1.165, 1.54) is 10.6 Å². The molecule has 11 heteroatoms. The van der Waals surface area contributed by atoms with Crippen LogP contribution in [0.15, 0.2) is 24.3 Å². The maximum atomic E-state index is 12.8. The lowest BCUT2D eigenvalue weighted by Crippen LogP contribution is -2.36. The maximum Gasteiger partial charge on any atom is 0.312 e. The molecule has 3 rings (SSSR count). The number of amides is 1. The number of benzene rings is 1. The minimum Gasteiger partial charge on any atom is -0.337 e. The van der Waals surface area contributed by atoms with E-state index in [2.05, 4.69) is 5.10 Å². The molecule has 30 heavy (non-hydrogen) atoms. The number of hydrogen-bond acceptors (Lipinski definition) is 6. The normalized spacial score (nSPS) is 15.8. The van der Waals surface area contributed by atoms with E-state index in [1.54, 1.807) is 47.7 Å². The molecule has 2 heterocycles. The van der Waals surface area contributed by atoms with E-state index in [1.807, 2.05) is 0 Å². The van der Waals surface area contributed by atoms with Gasteiger partial charge in [0, 0.05) is 31.7 Å². The average Bonchev–Trinajstić information content (AvgIpc) is 2.85. The molecule has 1 saturated heterocycles. The zero-order chi connectivity index (χ0) is 22.1. The predicted molar refractivity (Wildman–Crippen MR) is 111 cm³/mol. The fourth-order valence-corrected chi connectivity index (χ4v) is 4.52. The molecular formula is C19H25N5O5S. The van der Waals surface area contributed by atoms with Gasteiger partial charge in [-0.15, -0.1) is 0 Å². The minimum atomic E-state index is -3.26. The number of sulfonamides is 1. The second kappa shape index (κ2) is 8.52. The van der Waals surface area contributed by atoms with E-state index in [0.29, 0.717) is 56.1 Å². The fourth-order valence-electron chi connectivity index (χ4n) is 3.64. The summed E-state index contributed by atoms with van der Waals surface area (Å²) in [5.41, 5.74) is 2.26. The Hall–Kier alpha value is -2.79. The smallest absolute Gasteiger partial charge is 0.312 e. The molecule has 0 atom stereocenters. The fraction of sp³-hybridized carbons (Fsp3) is 0.474. The second-order valence-corrected chi connectivity index (χ2v) is 9.42. The first-order valence-electron chi connectivity index (χ1n) is 9.59. The average molecular weight is 436 g/mol. The molecule has 1 aliphatic rings. The van der Waals surface area contributed by atoms with Gasteiger partial charge in [0.1, 0.15) is 11.4 Å². The van der Waals surface area contributed by atoms with Gasteiger partial charge >= 0.3 is 5.69 Å². The van der Waals surface area contributed by atoms with Gasteiger partial charge in [-0.05, 0) is 38.0 Å². The van der Waals surface area contributed by atoms with Crippen molar-refractivity contribution in [3.8, 4) is 0 Å². The Morgan fingerprint density at radius 1 is 1.13 bits per heavy atom. The Morgan fingerprint density at radius 3 is 2.37 bits per heavy atom. The van der Waals surface area contributed by atoms with E-state index in [9.17, 15) is 23.3 Å². The summed E-state index contributed by atoms with van der Waals surface area (Å²) in [6.07, 6.45) is 1.77. The predicted octanol–water partition coefficient (Wildman–Crippen LogP) is 1.56. The van der Waals surface area contributed by atoms with Gasteiger partial charge in [-0.2, -0.15) is 5.10 Å². The van der Waals surface area contributed by atoms with Gasteiger partial charge in [-0.25, -0.2) is 12.7 Å². The number of carbonyl (C=O) groups excluding carboxylic acids is 1.